The van der Waals surface area contributed by atoms with Gasteiger partial charge in [0.2, 0.25) is 0 Å². The number of H-pyrrole nitrogens is 1. The number of nitrogens with zero attached hydrogens (tertiary/aromatic N) is 2. The predicted octanol–water partition coefficient (Wildman–Crippen LogP) is 1.53. The summed E-state index contributed by atoms with van der Waals surface area (Å²) in [4.78, 5) is 13.8. The zero-order chi connectivity index (χ0) is 14.7. The first kappa shape index (κ1) is 13.9. The van der Waals surface area contributed by atoms with Crippen LogP contribution in [0.4, 0.5) is 5.69 Å². The number of carbonyl (C=O) groups excluding carboxylic acids is 1. The lowest BCUT2D eigenvalue weighted by Crippen LogP contribution is -2.27. The number of nitrogen functional groups attached to an aromatic ring is 1. The topological polar surface area (TPSA) is 95.2 Å². The molecule has 1 aromatic heterocycles. The fourth-order valence-electron chi connectivity index (χ4n) is 1.97. The lowest BCUT2D eigenvalue weighted by Gasteiger charge is -2.17. The quantitative estimate of drug-likeness (QED) is 0.788. The van der Waals surface area contributed by atoms with Crippen molar-refractivity contribution in [2.45, 2.75) is 19.9 Å². The zero-order valence-electron chi connectivity index (χ0n) is 11.6. The second-order valence-electron chi connectivity index (χ2n) is 4.61. The summed E-state index contributed by atoms with van der Waals surface area (Å²) < 4.78 is 0. The average molecular weight is 274 g/mol. The second kappa shape index (κ2) is 5.64. The fraction of sp³-hybridized carbons (Fsp3) is 0.286. The molecular formula is C14H18N4O2. The minimum Gasteiger partial charge on any atom is -0.508 e. The van der Waals surface area contributed by atoms with Crippen LogP contribution >= 0.6 is 0 Å². The van der Waals surface area contributed by atoms with Crippen molar-refractivity contribution in [2.24, 2.45) is 0 Å². The Hall–Kier alpha value is -2.50. The molecule has 0 saturated heterocycles. The van der Waals surface area contributed by atoms with E-state index >= 15 is 0 Å². The normalized spacial score (nSPS) is 10.5. The van der Waals surface area contributed by atoms with Crippen LogP contribution in [0.1, 0.15) is 28.7 Å². The molecule has 106 valence electrons. The predicted molar refractivity (Wildman–Crippen MR) is 76.3 cm³/mol. The first-order chi connectivity index (χ1) is 9.54. The Bertz CT molecular complexity index is 621. The van der Waals surface area contributed by atoms with E-state index in [-0.39, 0.29) is 17.4 Å². The van der Waals surface area contributed by atoms with Crippen molar-refractivity contribution in [3.8, 4) is 5.75 Å². The summed E-state index contributed by atoms with van der Waals surface area (Å²) in [5, 5.41) is 16.5. The molecule has 0 spiro atoms. The van der Waals surface area contributed by atoms with Gasteiger partial charge in [-0.05, 0) is 12.5 Å². The lowest BCUT2D eigenvalue weighted by atomic mass is 10.2. The van der Waals surface area contributed by atoms with Crippen molar-refractivity contribution in [1.82, 2.24) is 15.1 Å². The van der Waals surface area contributed by atoms with Crippen LogP contribution in [-0.2, 0) is 13.0 Å². The molecule has 6 nitrogen and oxygen atoms in total. The molecule has 1 amide bonds. The van der Waals surface area contributed by atoms with Crippen LogP contribution < -0.4 is 5.73 Å². The molecule has 0 aliphatic rings. The number of rotatable bonds is 4. The standard InChI is InChI=1S/C14H18N4O2/c1-3-10-12(15)13(17-16-10)14(20)18(2)8-9-6-4-5-7-11(9)19/h4-7,19H,3,8,15H2,1-2H3,(H,16,17). The largest absolute Gasteiger partial charge is 0.508 e. The Kier molecular flexibility index (Phi) is 3.93. The molecule has 20 heavy (non-hydrogen) atoms. The van der Waals surface area contributed by atoms with Gasteiger partial charge in [0.1, 0.15) is 5.75 Å². The van der Waals surface area contributed by atoms with Gasteiger partial charge in [-0.3, -0.25) is 9.89 Å². The van der Waals surface area contributed by atoms with Crippen molar-refractivity contribution < 1.29 is 9.90 Å². The number of phenols is 1. The van der Waals surface area contributed by atoms with Gasteiger partial charge in [0.25, 0.3) is 5.91 Å². The number of aryl methyl sites for hydroxylation is 1. The number of para-hydroxylation sites is 1. The van der Waals surface area contributed by atoms with Crippen molar-refractivity contribution in [3.63, 3.8) is 0 Å². The molecule has 0 radical (unpaired) electrons. The van der Waals surface area contributed by atoms with Crippen LogP contribution in [0.2, 0.25) is 0 Å². The molecule has 1 heterocycles. The third kappa shape index (κ3) is 2.59. The van der Waals surface area contributed by atoms with Gasteiger partial charge in [-0.25, -0.2) is 0 Å². The number of hydrogen-bond acceptors (Lipinski definition) is 4. The molecular weight excluding hydrogens is 256 g/mol. The van der Waals surface area contributed by atoms with Gasteiger partial charge in [0.15, 0.2) is 5.69 Å². The first-order valence-electron chi connectivity index (χ1n) is 6.39. The van der Waals surface area contributed by atoms with Crippen LogP contribution in [0.3, 0.4) is 0 Å². The smallest absolute Gasteiger partial charge is 0.276 e. The van der Waals surface area contributed by atoms with E-state index in [2.05, 4.69) is 10.2 Å². The SMILES string of the molecule is CCc1[nH]nc(C(=O)N(C)Cc2ccccc2O)c1N. The van der Waals surface area contributed by atoms with Crippen LogP contribution in [0.25, 0.3) is 0 Å². The summed E-state index contributed by atoms with van der Waals surface area (Å²) in [5.74, 6) is -0.113. The van der Waals surface area contributed by atoms with E-state index in [9.17, 15) is 9.90 Å². The summed E-state index contributed by atoms with van der Waals surface area (Å²) in [6, 6.07) is 6.90. The van der Waals surface area contributed by atoms with E-state index in [1.807, 2.05) is 13.0 Å². The third-order valence-corrected chi connectivity index (χ3v) is 3.18. The summed E-state index contributed by atoms with van der Waals surface area (Å²) in [7, 11) is 1.65. The van der Waals surface area contributed by atoms with Crippen molar-refractivity contribution >= 4 is 11.6 Å². The molecule has 0 bridgehead atoms. The van der Waals surface area contributed by atoms with Gasteiger partial charge >= 0.3 is 0 Å². The third-order valence-electron chi connectivity index (χ3n) is 3.18. The summed E-state index contributed by atoms with van der Waals surface area (Å²) in [6.07, 6.45) is 0.690. The van der Waals surface area contributed by atoms with Gasteiger partial charge in [-0.15, -0.1) is 0 Å². The Balaban J connectivity index is 2.17. The molecule has 2 rings (SSSR count). The van der Waals surface area contributed by atoms with Crippen LogP contribution in [0.5, 0.6) is 5.75 Å². The molecule has 0 atom stereocenters. The van der Waals surface area contributed by atoms with Crippen molar-refractivity contribution in [2.75, 3.05) is 12.8 Å². The number of anilines is 1. The zero-order valence-corrected chi connectivity index (χ0v) is 11.6. The number of amides is 1. The average Bonchev–Trinajstić information content (AvgIpc) is 2.81. The Morgan fingerprint density at radius 1 is 1.45 bits per heavy atom. The molecule has 2 aromatic rings. The maximum Gasteiger partial charge on any atom is 0.276 e. The summed E-state index contributed by atoms with van der Waals surface area (Å²) >= 11 is 0. The van der Waals surface area contributed by atoms with Gasteiger partial charge in [0, 0.05) is 19.2 Å². The van der Waals surface area contributed by atoms with E-state index in [1.165, 1.54) is 4.90 Å². The van der Waals surface area contributed by atoms with E-state index in [0.717, 1.165) is 5.69 Å². The summed E-state index contributed by atoms with van der Waals surface area (Å²) in [6.45, 7) is 2.23. The Morgan fingerprint density at radius 2 is 2.15 bits per heavy atom. The lowest BCUT2D eigenvalue weighted by molar-refractivity contribution is 0.0779. The summed E-state index contributed by atoms with van der Waals surface area (Å²) in [5.41, 5.74) is 7.93. The molecule has 0 unspecified atom stereocenters. The number of phenolic OH excluding ortho intramolecular Hbond substituents is 1. The molecule has 0 fully saturated rings. The molecule has 1 aromatic carbocycles. The van der Waals surface area contributed by atoms with Gasteiger partial charge in [0.05, 0.1) is 11.4 Å². The van der Waals surface area contributed by atoms with Crippen molar-refractivity contribution in [1.29, 1.82) is 0 Å². The molecule has 0 saturated carbocycles. The number of benzene rings is 1. The number of aromatic nitrogens is 2. The maximum absolute atomic E-state index is 12.3. The highest BCUT2D eigenvalue weighted by Gasteiger charge is 2.20. The number of carbonyl (C=O) groups is 1. The van der Waals surface area contributed by atoms with Crippen LogP contribution in [0.15, 0.2) is 24.3 Å². The van der Waals surface area contributed by atoms with Crippen LogP contribution in [0, 0.1) is 0 Å². The Morgan fingerprint density at radius 3 is 2.75 bits per heavy atom. The van der Waals surface area contributed by atoms with E-state index in [4.69, 9.17) is 5.73 Å². The van der Waals surface area contributed by atoms with E-state index in [1.54, 1.807) is 25.2 Å². The molecule has 6 heteroatoms. The highest BCUT2D eigenvalue weighted by molar-refractivity contribution is 5.97. The monoisotopic (exact) mass is 274 g/mol. The molecule has 0 aliphatic heterocycles. The Labute approximate surface area is 117 Å². The highest BCUT2D eigenvalue weighted by atomic mass is 16.3. The molecule has 4 N–H and O–H groups in total. The van der Waals surface area contributed by atoms with Gasteiger partial charge in [-0.2, -0.15) is 5.10 Å². The second-order valence-corrected chi connectivity index (χ2v) is 4.61. The van der Waals surface area contributed by atoms with Gasteiger partial charge < -0.3 is 15.7 Å². The number of nitrogens with one attached hydrogen (secondary N) is 1. The number of aromatic amines is 1. The molecule has 0 aliphatic carbocycles. The highest BCUT2D eigenvalue weighted by Crippen LogP contribution is 2.20. The number of nitrogens with two attached hydrogens (primary N) is 1. The maximum atomic E-state index is 12.3. The van der Waals surface area contributed by atoms with Crippen LogP contribution in [-0.4, -0.2) is 33.2 Å². The fourth-order valence-corrected chi connectivity index (χ4v) is 1.97. The minimum absolute atomic E-state index is 0.163. The van der Waals surface area contributed by atoms with E-state index in [0.29, 0.717) is 24.2 Å². The number of hydrogen-bond donors (Lipinski definition) is 3. The van der Waals surface area contributed by atoms with Gasteiger partial charge in [-0.1, -0.05) is 25.1 Å². The van der Waals surface area contributed by atoms with E-state index < -0.39 is 0 Å². The van der Waals surface area contributed by atoms with Crippen molar-refractivity contribution in [3.05, 3.63) is 41.2 Å². The first-order valence-corrected chi connectivity index (χ1v) is 6.39. The minimum atomic E-state index is -0.276. The number of aromatic hydroxyl groups is 1.